The molecule has 30 heavy (non-hydrogen) atoms. The SMILES string of the molecule is CCOc1ccc(NC(=O)c2ccc(N3C(=O)[C@H]4CC=C(C)C[C@H]4C3=O)cc2)cc1. The number of amides is 3. The van der Waals surface area contributed by atoms with E-state index in [9.17, 15) is 14.4 Å². The van der Waals surface area contributed by atoms with Crippen LogP contribution in [0.3, 0.4) is 0 Å². The van der Waals surface area contributed by atoms with Crippen molar-refractivity contribution < 1.29 is 19.1 Å². The first kappa shape index (κ1) is 19.9. The predicted octanol–water partition coefficient (Wildman–Crippen LogP) is 4.18. The molecule has 1 saturated heterocycles. The van der Waals surface area contributed by atoms with Crippen molar-refractivity contribution in [2.45, 2.75) is 26.7 Å². The number of carbonyl (C=O) groups is 3. The van der Waals surface area contributed by atoms with Crippen molar-refractivity contribution in [1.82, 2.24) is 0 Å². The number of benzene rings is 2. The Hall–Kier alpha value is -3.41. The molecule has 3 amide bonds. The molecule has 2 aromatic carbocycles. The van der Waals surface area contributed by atoms with Crippen molar-refractivity contribution in [3.63, 3.8) is 0 Å². The molecule has 2 aliphatic rings. The number of hydrogen-bond acceptors (Lipinski definition) is 4. The van der Waals surface area contributed by atoms with E-state index in [4.69, 9.17) is 4.74 Å². The number of anilines is 2. The van der Waals surface area contributed by atoms with Crippen LogP contribution in [0.2, 0.25) is 0 Å². The Morgan fingerprint density at radius 1 is 1.03 bits per heavy atom. The summed E-state index contributed by atoms with van der Waals surface area (Å²) in [5.41, 5.74) is 2.77. The van der Waals surface area contributed by atoms with Gasteiger partial charge in [-0.3, -0.25) is 19.3 Å². The smallest absolute Gasteiger partial charge is 0.255 e. The van der Waals surface area contributed by atoms with Gasteiger partial charge in [-0.15, -0.1) is 0 Å². The molecule has 6 heteroatoms. The van der Waals surface area contributed by atoms with E-state index in [1.807, 2.05) is 19.9 Å². The first-order chi connectivity index (χ1) is 14.5. The Labute approximate surface area is 175 Å². The topological polar surface area (TPSA) is 75.7 Å². The highest BCUT2D eigenvalue weighted by atomic mass is 16.5. The van der Waals surface area contributed by atoms with Gasteiger partial charge in [0, 0.05) is 11.3 Å². The van der Waals surface area contributed by atoms with Crippen LogP contribution in [0.1, 0.15) is 37.0 Å². The zero-order chi connectivity index (χ0) is 21.3. The average molecular weight is 404 g/mol. The van der Waals surface area contributed by atoms with E-state index in [0.29, 0.717) is 36.4 Å². The molecule has 2 aromatic rings. The number of nitrogens with one attached hydrogen (secondary N) is 1. The van der Waals surface area contributed by atoms with Crippen LogP contribution in [0.5, 0.6) is 5.75 Å². The van der Waals surface area contributed by atoms with E-state index < -0.39 is 0 Å². The summed E-state index contributed by atoms with van der Waals surface area (Å²) < 4.78 is 5.40. The van der Waals surface area contributed by atoms with Crippen molar-refractivity contribution in [3.8, 4) is 5.75 Å². The molecule has 1 aliphatic carbocycles. The lowest BCUT2D eigenvalue weighted by atomic mass is 9.82. The Balaban J connectivity index is 1.46. The summed E-state index contributed by atoms with van der Waals surface area (Å²) >= 11 is 0. The second-order valence-electron chi connectivity index (χ2n) is 7.67. The molecule has 154 valence electrons. The van der Waals surface area contributed by atoms with Crippen molar-refractivity contribution in [3.05, 3.63) is 65.7 Å². The quantitative estimate of drug-likeness (QED) is 0.599. The number of rotatable bonds is 5. The largest absolute Gasteiger partial charge is 0.494 e. The molecule has 0 unspecified atom stereocenters. The van der Waals surface area contributed by atoms with Gasteiger partial charge in [0.15, 0.2) is 0 Å². The molecular weight excluding hydrogens is 380 g/mol. The van der Waals surface area contributed by atoms with Crippen LogP contribution < -0.4 is 15.0 Å². The van der Waals surface area contributed by atoms with Crippen LogP contribution in [0, 0.1) is 11.8 Å². The highest BCUT2D eigenvalue weighted by Gasteiger charge is 2.48. The third-order valence-corrected chi connectivity index (χ3v) is 5.63. The van der Waals surface area contributed by atoms with E-state index in [1.54, 1.807) is 48.5 Å². The van der Waals surface area contributed by atoms with Gasteiger partial charge in [-0.25, -0.2) is 0 Å². The number of hydrogen-bond donors (Lipinski definition) is 1. The molecule has 2 atom stereocenters. The van der Waals surface area contributed by atoms with Gasteiger partial charge < -0.3 is 10.1 Å². The standard InChI is InChI=1S/C24H24N2O4/c1-3-30-19-11-7-17(8-12-19)25-22(27)16-5-9-18(10-6-16)26-23(28)20-13-4-15(2)14-21(20)24(26)29/h4-12,20-21H,3,13-14H2,1-2H3,(H,25,27)/t20-,21+/m0/s1. The maximum absolute atomic E-state index is 12.8. The third-order valence-electron chi connectivity index (χ3n) is 5.63. The van der Waals surface area contributed by atoms with E-state index in [2.05, 4.69) is 5.32 Å². The van der Waals surface area contributed by atoms with E-state index >= 15 is 0 Å². The molecule has 0 aromatic heterocycles. The Kier molecular flexibility index (Phi) is 5.40. The molecule has 0 spiro atoms. The summed E-state index contributed by atoms with van der Waals surface area (Å²) in [5, 5.41) is 2.83. The molecule has 0 bridgehead atoms. The molecule has 6 nitrogen and oxygen atoms in total. The second-order valence-corrected chi connectivity index (χ2v) is 7.67. The van der Waals surface area contributed by atoms with Gasteiger partial charge >= 0.3 is 0 Å². The van der Waals surface area contributed by atoms with E-state index in [0.717, 1.165) is 11.3 Å². The lowest BCUT2D eigenvalue weighted by molar-refractivity contribution is -0.122. The fourth-order valence-electron chi connectivity index (χ4n) is 4.06. The van der Waals surface area contributed by atoms with Crippen LogP contribution in [-0.4, -0.2) is 24.3 Å². The van der Waals surface area contributed by atoms with Crippen LogP contribution in [-0.2, 0) is 9.59 Å². The average Bonchev–Trinajstić information content (AvgIpc) is 2.99. The zero-order valence-corrected chi connectivity index (χ0v) is 17.1. The third kappa shape index (κ3) is 3.73. The van der Waals surface area contributed by atoms with Gasteiger partial charge in [-0.1, -0.05) is 11.6 Å². The van der Waals surface area contributed by atoms with Gasteiger partial charge in [0.05, 0.1) is 24.1 Å². The normalized spacial score (nSPS) is 20.6. The Morgan fingerprint density at radius 2 is 1.70 bits per heavy atom. The lowest BCUT2D eigenvalue weighted by Gasteiger charge is -2.18. The summed E-state index contributed by atoms with van der Waals surface area (Å²) in [4.78, 5) is 39.4. The fraction of sp³-hybridized carbons (Fsp3) is 0.292. The summed E-state index contributed by atoms with van der Waals surface area (Å²) in [5.74, 6) is -0.373. The van der Waals surface area contributed by atoms with Crippen molar-refractivity contribution in [2.75, 3.05) is 16.8 Å². The summed E-state index contributed by atoms with van der Waals surface area (Å²) in [6.45, 7) is 4.49. The fourth-order valence-corrected chi connectivity index (χ4v) is 4.06. The molecule has 0 saturated carbocycles. The number of nitrogens with zero attached hydrogens (tertiary/aromatic N) is 1. The maximum atomic E-state index is 12.8. The molecule has 1 heterocycles. The van der Waals surface area contributed by atoms with Crippen molar-refractivity contribution in [2.24, 2.45) is 11.8 Å². The molecule has 1 fully saturated rings. The van der Waals surface area contributed by atoms with E-state index in [-0.39, 0.29) is 29.6 Å². The molecular formula is C24H24N2O4. The maximum Gasteiger partial charge on any atom is 0.255 e. The monoisotopic (exact) mass is 404 g/mol. The van der Waals surface area contributed by atoms with Crippen LogP contribution in [0.25, 0.3) is 0 Å². The Bertz CT molecular complexity index is 1010. The molecule has 4 rings (SSSR count). The van der Waals surface area contributed by atoms with Crippen molar-refractivity contribution >= 4 is 29.1 Å². The molecule has 0 radical (unpaired) electrons. The first-order valence-corrected chi connectivity index (χ1v) is 10.2. The van der Waals surface area contributed by atoms with Gasteiger partial charge in [0.1, 0.15) is 5.75 Å². The van der Waals surface area contributed by atoms with E-state index in [1.165, 1.54) is 4.90 Å². The van der Waals surface area contributed by atoms with Crippen LogP contribution >= 0.6 is 0 Å². The van der Waals surface area contributed by atoms with Gasteiger partial charge in [-0.05, 0) is 75.2 Å². The number of allylic oxidation sites excluding steroid dienone is 2. The summed E-state index contributed by atoms with van der Waals surface area (Å²) in [6.07, 6.45) is 3.29. The highest BCUT2D eigenvalue weighted by molar-refractivity contribution is 6.22. The number of ether oxygens (including phenoxy) is 1. The minimum absolute atomic E-state index is 0.149. The van der Waals surface area contributed by atoms with Gasteiger partial charge in [0.2, 0.25) is 11.8 Å². The van der Waals surface area contributed by atoms with Gasteiger partial charge in [0.25, 0.3) is 5.91 Å². The van der Waals surface area contributed by atoms with Crippen molar-refractivity contribution in [1.29, 1.82) is 0 Å². The van der Waals surface area contributed by atoms with Gasteiger partial charge in [-0.2, -0.15) is 0 Å². The highest BCUT2D eigenvalue weighted by Crippen LogP contribution is 2.39. The van der Waals surface area contributed by atoms with Crippen LogP contribution in [0.15, 0.2) is 60.2 Å². The minimum Gasteiger partial charge on any atom is -0.494 e. The predicted molar refractivity (Wildman–Crippen MR) is 114 cm³/mol. The number of fused-ring (bicyclic) bond motifs is 1. The number of imide groups is 1. The number of carbonyl (C=O) groups excluding carboxylic acids is 3. The summed E-state index contributed by atoms with van der Waals surface area (Å²) in [6, 6.07) is 13.7. The molecule has 1 aliphatic heterocycles. The van der Waals surface area contributed by atoms with Crippen LogP contribution in [0.4, 0.5) is 11.4 Å². The Morgan fingerprint density at radius 3 is 2.37 bits per heavy atom. The minimum atomic E-state index is -0.274. The zero-order valence-electron chi connectivity index (χ0n) is 17.1. The summed E-state index contributed by atoms with van der Waals surface area (Å²) in [7, 11) is 0. The second kappa shape index (κ2) is 8.14. The lowest BCUT2D eigenvalue weighted by Crippen LogP contribution is -2.30. The first-order valence-electron chi connectivity index (χ1n) is 10.2. The molecule has 1 N–H and O–H groups in total.